The highest BCUT2D eigenvalue weighted by Crippen LogP contribution is 2.59. The first-order chi connectivity index (χ1) is 15.8. The molecule has 32 heavy (non-hydrogen) atoms. The van der Waals surface area contributed by atoms with E-state index in [1.165, 1.54) is 28.0 Å². The topological polar surface area (TPSA) is 77.3 Å². The van der Waals surface area contributed by atoms with Gasteiger partial charge in [-0.05, 0) is 36.1 Å². The number of allylic oxidation sites excluding steroid dienone is 2. The molecule has 0 radical (unpaired) electrons. The van der Waals surface area contributed by atoms with Gasteiger partial charge in [0.25, 0.3) is 5.95 Å². The summed E-state index contributed by atoms with van der Waals surface area (Å²) < 4.78 is 7.65. The van der Waals surface area contributed by atoms with Crippen LogP contribution in [-0.2, 0) is 17.8 Å². The van der Waals surface area contributed by atoms with Crippen LogP contribution in [0.15, 0.2) is 42.7 Å². The lowest BCUT2D eigenvalue weighted by molar-refractivity contribution is -0.240. The zero-order chi connectivity index (χ0) is 20.8. The molecule has 2 aliphatic heterocycles. The van der Waals surface area contributed by atoms with Gasteiger partial charge in [-0.3, -0.25) is 5.43 Å². The summed E-state index contributed by atoms with van der Waals surface area (Å²) >= 11 is 1.77. The summed E-state index contributed by atoms with van der Waals surface area (Å²) in [5.41, 5.74) is 8.56. The second-order valence-electron chi connectivity index (χ2n) is 8.58. The van der Waals surface area contributed by atoms with Crippen LogP contribution in [0.5, 0.6) is 5.75 Å². The van der Waals surface area contributed by atoms with Crippen molar-refractivity contribution in [3.05, 3.63) is 64.3 Å². The predicted octanol–water partition coefficient (Wildman–Crippen LogP) is 4.19. The molecule has 4 aliphatic rings. The van der Waals surface area contributed by atoms with E-state index in [-0.39, 0.29) is 6.29 Å². The van der Waals surface area contributed by atoms with Gasteiger partial charge in [-0.25, -0.2) is 9.52 Å². The number of hydroxylamine groups is 1. The molecular formula is C23H18N6O2S. The van der Waals surface area contributed by atoms with Gasteiger partial charge in [0.1, 0.15) is 10.6 Å². The van der Waals surface area contributed by atoms with E-state index in [9.17, 15) is 0 Å². The molecule has 9 heteroatoms. The van der Waals surface area contributed by atoms with E-state index >= 15 is 0 Å². The minimum absolute atomic E-state index is 0.344. The van der Waals surface area contributed by atoms with Crippen molar-refractivity contribution in [1.29, 1.82) is 0 Å². The summed E-state index contributed by atoms with van der Waals surface area (Å²) in [5, 5.41) is 7.15. The molecule has 0 saturated carbocycles. The average Bonchev–Trinajstić information content (AvgIpc) is 3.54. The summed E-state index contributed by atoms with van der Waals surface area (Å²) in [6.45, 7) is 0.577. The number of hydrogen-bond acceptors (Lipinski definition) is 8. The van der Waals surface area contributed by atoms with Crippen molar-refractivity contribution in [2.75, 3.05) is 5.43 Å². The number of hydrazine groups is 1. The molecule has 0 spiro atoms. The van der Waals surface area contributed by atoms with Crippen molar-refractivity contribution in [3.63, 3.8) is 0 Å². The van der Waals surface area contributed by atoms with Crippen LogP contribution in [0.1, 0.15) is 40.3 Å². The molecule has 4 aromatic rings. The Morgan fingerprint density at radius 1 is 1.22 bits per heavy atom. The zero-order valence-corrected chi connectivity index (χ0v) is 17.8. The van der Waals surface area contributed by atoms with Crippen molar-refractivity contribution in [2.24, 2.45) is 0 Å². The highest BCUT2D eigenvalue weighted by molar-refractivity contribution is 7.19. The fraction of sp³-hybridized carbons (Fsp3) is 0.261. The van der Waals surface area contributed by atoms with Crippen LogP contribution in [0.4, 0.5) is 5.82 Å². The van der Waals surface area contributed by atoms with Crippen LogP contribution in [0.2, 0.25) is 0 Å². The Bertz CT molecular complexity index is 1440. The van der Waals surface area contributed by atoms with Crippen LogP contribution in [0.3, 0.4) is 0 Å². The van der Waals surface area contributed by atoms with Crippen LogP contribution in [-0.4, -0.2) is 31.2 Å². The van der Waals surface area contributed by atoms with Gasteiger partial charge < -0.3 is 4.74 Å². The average molecular weight is 443 g/mol. The van der Waals surface area contributed by atoms with E-state index in [1.807, 2.05) is 18.3 Å². The highest BCUT2D eigenvalue weighted by Gasteiger charge is 2.40. The number of fused-ring (bicyclic) bond motifs is 8. The largest absolute Gasteiger partial charge is 0.463 e. The van der Waals surface area contributed by atoms with Gasteiger partial charge in [-0.2, -0.15) is 15.1 Å². The van der Waals surface area contributed by atoms with Crippen molar-refractivity contribution in [2.45, 2.75) is 38.0 Å². The molecule has 2 unspecified atom stereocenters. The van der Waals surface area contributed by atoms with Crippen LogP contribution < -0.4 is 10.2 Å². The van der Waals surface area contributed by atoms with Gasteiger partial charge in [-0.15, -0.1) is 11.3 Å². The number of aromatic nitrogens is 4. The van der Waals surface area contributed by atoms with E-state index in [1.54, 1.807) is 27.4 Å². The molecule has 2 atom stereocenters. The first-order valence-corrected chi connectivity index (χ1v) is 11.7. The molecule has 8 rings (SSSR count). The Morgan fingerprint density at radius 3 is 3.16 bits per heavy atom. The zero-order valence-electron chi connectivity index (χ0n) is 17.0. The number of nitrogens with one attached hydrogen (secondary N) is 1. The third-order valence-electron chi connectivity index (χ3n) is 6.65. The van der Waals surface area contributed by atoms with Crippen molar-refractivity contribution >= 4 is 32.9 Å². The first kappa shape index (κ1) is 17.3. The van der Waals surface area contributed by atoms with E-state index in [2.05, 4.69) is 28.7 Å². The van der Waals surface area contributed by atoms with Gasteiger partial charge in [0.2, 0.25) is 6.29 Å². The second-order valence-corrected chi connectivity index (χ2v) is 9.61. The number of rotatable bonds is 3. The Kier molecular flexibility index (Phi) is 3.33. The molecule has 158 valence electrons. The van der Waals surface area contributed by atoms with E-state index in [4.69, 9.17) is 19.5 Å². The fourth-order valence-corrected chi connectivity index (χ4v) is 6.58. The molecule has 0 fully saturated rings. The maximum absolute atomic E-state index is 6.18. The Morgan fingerprint density at radius 2 is 2.22 bits per heavy atom. The summed E-state index contributed by atoms with van der Waals surface area (Å²) in [6, 6.07) is 8.19. The highest BCUT2D eigenvalue weighted by atomic mass is 32.1. The van der Waals surface area contributed by atoms with Crippen LogP contribution in [0.25, 0.3) is 21.7 Å². The summed E-state index contributed by atoms with van der Waals surface area (Å²) in [4.78, 5) is 18.3. The molecule has 1 aromatic carbocycles. The van der Waals surface area contributed by atoms with Crippen molar-refractivity contribution in [1.82, 2.24) is 24.9 Å². The Labute approximate surface area is 187 Å². The molecule has 3 aromatic heterocycles. The number of ether oxygens (including phenoxy) is 1. The first-order valence-electron chi connectivity index (χ1n) is 10.8. The summed E-state index contributed by atoms with van der Waals surface area (Å²) in [7, 11) is 0. The van der Waals surface area contributed by atoms with Gasteiger partial charge in [-0.1, -0.05) is 23.4 Å². The third kappa shape index (κ3) is 2.35. The lowest BCUT2D eigenvalue weighted by Gasteiger charge is -2.28. The van der Waals surface area contributed by atoms with Gasteiger partial charge in [0.05, 0.1) is 11.9 Å². The number of nitrogens with zero attached hydrogens (tertiary/aromatic N) is 5. The van der Waals surface area contributed by atoms with Crippen molar-refractivity contribution in [3.8, 4) is 11.7 Å². The normalized spacial score (nSPS) is 22.7. The van der Waals surface area contributed by atoms with E-state index in [0.717, 1.165) is 40.2 Å². The Hall–Kier alpha value is -3.27. The molecule has 0 amide bonds. The third-order valence-corrected chi connectivity index (χ3v) is 7.85. The maximum atomic E-state index is 6.18. The van der Waals surface area contributed by atoms with Gasteiger partial charge in [0.15, 0.2) is 5.82 Å². The lowest BCUT2D eigenvalue weighted by atomic mass is 9.80. The minimum atomic E-state index is -0.344. The van der Waals surface area contributed by atoms with Crippen LogP contribution in [0, 0.1) is 0 Å². The molecule has 5 heterocycles. The SMILES string of the molecule is C1=C2c3c(sc4nc(-n5cccn5)nc(NN5Cc6ccc7c(c6)CC(O7)O5)c34)C2CC1. The van der Waals surface area contributed by atoms with Crippen molar-refractivity contribution < 1.29 is 9.57 Å². The van der Waals surface area contributed by atoms with Gasteiger partial charge >= 0.3 is 0 Å². The molecule has 2 aliphatic carbocycles. The monoisotopic (exact) mass is 442 g/mol. The molecule has 3 bridgehead atoms. The number of benzene rings is 1. The van der Waals surface area contributed by atoms with Crippen LogP contribution >= 0.6 is 11.3 Å². The quantitative estimate of drug-likeness (QED) is 0.510. The minimum Gasteiger partial charge on any atom is -0.463 e. The number of hydrogen-bond donors (Lipinski definition) is 1. The molecule has 0 saturated heterocycles. The maximum Gasteiger partial charge on any atom is 0.253 e. The van der Waals surface area contributed by atoms with Gasteiger partial charge in [0, 0.05) is 40.7 Å². The van der Waals surface area contributed by atoms with E-state index in [0.29, 0.717) is 18.4 Å². The standard InChI is InChI=1S/C23H18N6O2S/c1-3-14-15(4-1)20-18(14)19-21(25-23(26-22(19)32-20)28-8-2-7-24-28)27-29-11-12-5-6-16-13(9-12)10-17(30-16)31-29/h2-3,5-9,15,17H,1,4,10-11H2,(H,25,26,27). The molecule has 1 N–H and O–H groups in total. The summed E-state index contributed by atoms with van der Waals surface area (Å²) in [5.74, 6) is 2.75. The predicted molar refractivity (Wildman–Crippen MR) is 119 cm³/mol. The fourth-order valence-electron chi connectivity index (χ4n) is 5.24. The molecule has 8 nitrogen and oxygen atoms in total. The lowest BCUT2D eigenvalue weighted by Crippen LogP contribution is -2.37. The molecular weight excluding hydrogens is 424 g/mol. The number of anilines is 1. The smallest absolute Gasteiger partial charge is 0.253 e. The Balaban J connectivity index is 1.26. The summed E-state index contributed by atoms with van der Waals surface area (Å²) in [6.07, 6.45) is 8.70. The van der Waals surface area contributed by atoms with E-state index < -0.39 is 0 Å². The number of thiophene rings is 1. The second kappa shape index (κ2) is 6.16.